The van der Waals surface area contributed by atoms with Gasteiger partial charge in [-0.25, -0.2) is 0 Å². The Morgan fingerprint density at radius 3 is 2.20 bits per heavy atom. The minimum absolute atomic E-state index is 0.674. The van der Waals surface area contributed by atoms with Gasteiger partial charge in [0.25, 0.3) is 0 Å². The molecular weight excluding hydrogens is 184 g/mol. The SMILES string of the molecule is CC(C)C1CCC(Nn2cccc2)CC1. The van der Waals surface area contributed by atoms with Crippen LogP contribution >= 0.6 is 0 Å². The van der Waals surface area contributed by atoms with Crippen molar-refractivity contribution in [1.29, 1.82) is 0 Å². The highest BCUT2D eigenvalue weighted by molar-refractivity contribution is 4.96. The fraction of sp³-hybridized carbons (Fsp3) is 0.692. The van der Waals surface area contributed by atoms with Crippen LogP contribution in [0.15, 0.2) is 24.5 Å². The lowest BCUT2D eigenvalue weighted by molar-refractivity contribution is 0.261. The summed E-state index contributed by atoms with van der Waals surface area (Å²) in [6, 6.07) is 4.80. The lowest BCUT2D eigenvalue weighted by Crippen LogP contribution is -2.32. The van der Waals surface area contributed by atoms with E-state index in [9.17, 15) is 0 Å². The van der Waals surface area contributed by atoms with Crippen LogP contribution < -0.4 is 5.43 Å². The molecule has 1 N–H and O–H groups in total. The summed E-state index contributed by atoms with van der Waals surface area (Å²) in [7, 11) is 0. The van der Waals surface area contributed by atoms with E-state index in [-0.39, 0.29) is 0 Å². The number of nitrogens with zero attached hydrogens (tertiary/aromatic N) is 1. The van der Waals surface area contributed by atoms with E-state index in [1.54, 1.807) is 0 Å². The monoisotopic (exact) mass is 206 g/mol. The van der Waals surface area contributed by atoms with E-state index >= 15 is 0 Å². The summed E-state index contributed by atoms with van der Waals surface area (Å²) in [5.74, 6) is 1.81. The lowest BCUT2D eigenvalue weighted by Gasteiger charge is -2.31. The van der Waals surface area contributed by atoms with Crippen LogP contribution in [0.1, 0.15) is 39.5 Å². The van der Waals surface area contributed by atoms with E-state index in [4.69, 9.17) is 0 Å². The van der Waals surface area contributed by atoms with Gasteiger partial charge in [-0.05, 0) is 49.7 Å². The van der Waals surface area contributed by atoms with Crippen molar-refractivity contribution in [3.05, 3.63) is 24.5 Å². The first-order chi connectivity index (χ1) is 7.25. The number of nitrogens with one attached hydrogen (secondary N) is 1. The summed E-state index contributed by atoms with van der Waals surface area (Å²) in [6.45, 7) is 4.70. The van der Waals surface area contributed by atoms with Gasteiger partial charge in [0.2, 0.25) is 0 Å². The predicted octanol–water partition coefficient (Wildman–Crippen LogP) is 3.25. The molecule has 0 radical (unpaired) electrons. The van der Waals surface area contributed by atoms with Crippen LogP contribution in [-0.4, -0.2) is 10.7 Å². The first-order valence-corrected chi connectivity index (χ1v) is 6.15. The van der Waals surface area contributed by atoms with Gasteiger partial charge in [0.1, 0.15) is 0 Å². The Hall–Kier alpha value is -0.920. The average Bonchev–Trinajstić information content (AvgIpc) is 2.71. The van der Waals surface area contributed by atoms with Gasteiger partial charge in [0, 0.05) is 18.4 Å². The normalized spacial score (nSPS) is 26.9. The standard InChI is InChI=1S/C13H22N2/c1-11(2)12-5-7-13(8-6-12)14-15-9-3-4-10-15/h3-4,9-14H,5-8H2,1-2H3. The Kier molecular flexibility index (Phi) is 3.34. The minimum atomic E-state index is 0.674. The molecule has 1 aliphatic carbocycles. The average molecular weight is 206 g/mol. The van der Waals surface area contributed by atoms with Crippen LogP contribution in [-0.2, 0) is 0 Å². The Bertz CT molecular complexity index is 269. The second-order valence-corrected chi connectivity index (χ2v) is 5.08. The molecule has 0 bridgehead atoms. The Labute approximate surface area is 92.6 Å². The smallest absolute Gasteiger partial charge is 0.0424 e. The van der Waals surface area contributed by atoms with Gasteiger partial charge in [-0.1, -0.05) is 13.8 Å². The first-order valence-electron chi connectivity index (χ1n) is 6.15. The van der Waals surface area contributed by atoms with Gasteiger partial charge in [-0.3, -0.25) is 4.68 Å². The van der Waals surface area contributed by atoms with Crippen molar-refractivity contribution in [3.63, 3.8) is 0 Å². The molecule has 0 atom stereocenters. The summed E-state index contributed by atoms with van der Waals surface area (Å²) in [6.07, 6.45) is 9.57. The van der Waals surface area contributed by atoms with Gasteiger partial charge in [0.05, 0.1) is 0 Å². The number of hydrogen-bond acceptors (Lipinski definition) is 1. The van der Waals surface area contributed by atoms with Crippen LogP contribution in [0.2, 0.25) is 0 Å². The van der Waals surface area contributed by atoms with Crippen molar-refractivity contribution < 1.29 is 0 Å². The summed E-state index contributed by atoms with van der Waals surface area (Å²) in [5, 5.41) is 0. The van der Waals surface area contributed by atoms with Crippen LogP contribution in [0.4, 0.5) is 0 Å². The predicted molar refractivity (Wildman–Crippen MR) is 64.4 cm³/mol. The molecule has 2 nitrogen and oxygen atoms in total. The maximum atomic E-state index is 3.54. The number of hydrogen-bond donors (Lipinski definition) is 1. The Morgan fingerprint density at radius 2 is 1.67 bits per heavy atom. The maximum Gasteiger partial charge on any atom is 0.0424 e. The Balaban J connectivity index is 1.79. The van der Waals surface area contributed by atoms with Crippen LogP contribution in [0.5, 0.6) is 0 Å². The zero-order valence-electron chi connectivity index (χ0n) is 9.82. The molecule has 1 saturated carbocycles. The van der Waals surface area contributed by atoms with Crippen molar-refractivity contribution in [2.75, 3.05) is 5.43 Å². The molecule has 1 aliphatic rings. The van der Waals surface area contributed by atoms with E-state index in [1.807, 2.05) is 0 Å². The van der Waals surface area contributed by atoms with Crippen molar-refractivity contribution in [2.24, 2.45) is 11.8 Å². The van der Waals surface area contributed by atoms with E-state index < -0.39 is 0 Å². The van der Waals surface area contributed by atoms with Crippen LogP contribution in [0.25, 0.3) is 0 Å². The fourth-order valence-electron chi connectivity index (χ4n) is 2.55. The highest BCUT2D eigenvalue weighted by Crippen LogP contribution is 2.30. The van der Waals surface area contributed by atoms with Crippen LogP contribution in [0.3, 0.4) is 0 Å². The van der Waals surface area contributed by atoms with Gasteiger partial charge < -0.3 is 5.43 Å². The molecule has 0 unspecified atom stereocenters. The van der Waals surface area contributed by atoms with E-state index in [0.29, 0.717) is 6.04 Å². The highest BCUT2D eigenvalue weighted by Gasteiger charge is 2.22. The third-order valence-electron chi connectivity index (χ3n) is 3.65. The molecule has 0 aliphatic heterocycles. The maximum absolute atomic E-state index is 3.54. The molecule has 0 amide bonds. The number of aromatic nitrogens is 1. The quantitative estimate of drug-likeness (QED) is 0.803. The Morgan fingerprint density at radius 1 is 1.07 bits per heavy atom. The van der Waals surface area contributed by atoms with Gasteiger partial charge in [0.15, 0.2) is 0 Å². The zero-order chi connectivity index (χ0) is 10.7. The van der Waals surface area contributed by atoms with E-state index in [2.05, 4.69) is 48.5 Å². The summed E-state index contributed by atoms with van der Waals surface area (Å²) in [4.78, 5) is 0. The van der Waals surface area contributed by atoms with E-state index in [1.165, 1.54) is 25.7 Å². The second-order valence-electron chi connectivity index (χ2n) is 5.08. The molecule has 0 spiro atoms. The first kappa shape index (κ1) is 10.6. The number of rotatable bonds is 3. The second kappa shape index (κ2) is 4.73. The van der Waals surface area contributed by atoms with Crippen molar-refractivity contribution >= 4 is 0 Å². The molecule has 1 fully saturated rings. The molecule has 1 aromatic rings. The van der Waals surface area contributed by atoms with Crippen molar-refractivity contribution in [1.82, 2.24) is 4.68 Å². The lowest BCUT2D eigenvalue weighted by atomic mass is 9.80. The van der Waals surface area contributed by atoms with Crippen LogP contribution in [0, 0.1) is 11.8 Å². The van der Waals surface area contributed by atoms with Crippen molar-refractivity contribution in [3.8, 4) is 0 Å². The summed E-state index contributed by atoms with van der Waals surface area (Å²) in [5.41, 5.74) is 3.54. The molecule has 1 heterocycles. The molecule has 1 aromatic heterocycles. The summed E-state index contributed by atoms with van der Waals surface area (Å²) < 4.78 is 2.08. The molecule has 0 saturated heterocycles. The molecule has 2 rings (SSSR count). The third kappa shape index (κ3) is 2.77. The van der Waals surface area contributed by atoms with E-state index in [0.717, 1.165) is 11.8 Å². The minimum Gasteiger partial charge on any atom is -0.323 e. The largest absolute Gasteiger partial charge is 0.323 e. The molecule has 0 aromatic carbocycles. The van der Waals surface area contributed by atoms with Gasteiger partial charge in [-0.2, -0.15) is 0 Å². The summed E-state index contributed by atoms with van der Waals surface area (Å²) >= 11 is 0. The third-order valence-corrected chi connectivity index (χ3v) is 3.65. The molecular formula is C13H22N2. The van der Waals surface area contributed by atoms with Crippen molar-refractivity contribution in [2.45, 2.75) is 45.6 Å². The fourth-order valence-corrected chi connectivity index (χ4v) is 2.55. The highest BCUT2D eigenvalue weighted by atomic mass is 15.4. The molecule has 15 heavy (non-hydrogen) atoms. The molecule has 84 valence electrons. The van der Waals surface area contributed by atoms with Gasteiger partial charge >= 0.3 is 0 Å². The van der Waals surface area contributed by atoms with Gasteiger partial charge in [-0.15, -0.1) is 0 Å². The molecule has 2 heteroatoms. The zero-order valence-corrected chi connectivity index (χ0v) is 9.82. The topological polar surface area (TPSA) is 17.0 Å².